The third-order valence-corrected chi connectivity index (χ3v) is 10.4. The van der Waals surface area contributed by atoms with Crippen LogP contribution in [0.3, 0.4) is 0 Å². The molecule has 15 nitrogen and oxygen atoms in total. The Kier molecular flexibility index (Phi) is 55.5. The lowest BCUT2D eigenvalue weighted by molar-refractivity contribution is -0.150. The average Bonchev–Trinajstić information content (AvgIpc) is 3.31. The van der Waals surface area contributed by atoms with Crippen LogP contribution >= 0.6 is 0 Å². The van der Waals surface area contributed by atoms with Gasteiger partial charge in [0.15, 0.2) is 0 Å². The summed E-state index contributed by atoms with van der Waals surface area (Å²) in [4.78, 5) is 24.0. The molecule has 0 amide bonds. The highest BCUT2D eigenvalue weighted by Gasteiger charge is 2.17. The van der Waals surface area contributed by atoms with Gasteiger partial charge in [0.25, 0.3) is 0 Å². The Hall–Kier alpha value is -1.50. The first kappa shape index (κ1) is 63.5. The number of hydrogen-bond donors (Lipinski definition) is 0. The zero-order valence-electron chi connectivity index (χ0n) is 41.8. The maximum absolute atomic E-state index is 12.1. The van der Waals surface area contributed by atoms with Gasteiger partial charge in [0.05, 0.1) is 151 Å². The molecule has 0 saturated carbocycles. The molecule has 0 spiro atoms. The Labute approximate surface area is 395 Å². The van der Waals surface area contributed by atoms with E-state index in [1.807, 2.05) is 6.92 Å². The first-order chi connectivity index (χ1) is 32.2. The quantitative estimate of drug-likeness (QED) is 0.0422. The van der Waals surface area contributed by atoms with Crippen LogP contribution in [0.25, 0.3) is 0 Å². The predicted octanol–water partition coefficient (Wildman–Crippen LogP) is 8.73. The molecule has 0 aromatic carbocycles. The molecule has 1 atom stereocenters. The summed E-state index contributed by atoms with van der Waals surface area (Å²) in [7, 11) is 0. The SMILES string of the molecule is CCCCCCCCCCCCCCCCCC(=O)OCCOCCOCCOCCOCCOCCOCCOCCOCCOCCOCCOCCOC(=O)C(CC)CCCC. The van der Waals surface area contributed by atoms with Gasteiger partial charge in [0, 0.05) is 6.42 Å². The summed E-state index contributed by atoms with van der Waals surface area (Å²) in [6.45, 7) is 17.3. The van der Waals surface area contributed by atoms with Gasteiger partial charge in [-0.3, -0.25) is 9.59 Å². The van der Waals surface area contributed by atoms with Crippen molar-refractivity contribution >= 4 is 11.9 Å². The first-order valence-electron chi connectivity index (χ1n) is 25.8. The molecule has 0 heterocycles. The highest BCUT2D eigenvalue weighted by molar-refractivity contribution is 5.72. The summed E-state index contributed by atoms with van der Waals surface area (Å²) < 4.78 is 71.1. The normalized spacial score (nSPS) is 12.0. The van der Waals surface area contributed by atoms with E-state index in [9.17, 15) is 9.59 Å². The second kappa shape index (κ2) is 56.8. The lowest BCUT2D eigenvalue weighted by Gasteiger charge is -2.13. The van der Waals surface area contributed by atoms with Crippen LogP contribution in [0.1, 0.15) is 149 Å². The number of carbonyl (C=O) groups excluding carboxylic acids is 2. The lowest BCUT2D eigenvalue weighted by atomic mass is 10.00. The first-order valence-corrected chi connectivity index (χ1v) is 25.8. The van der Waals surface area contributed by atoms with E-state index in [-0.39, 0.29) is 31.1 Å². The Morgan fingerprint density at radius 2 is 0.538 bits per heavy atom. The molecular weight excluding hydrogens is 841 g/mol. The highest BCUT2D eigenvalue weighted by atomic mass is 16.6. The number of hydrogen-bond acceptors (Lipinski definition) is 15. The monoisotopic (exact) mass is 939 g/mol. The molecule has 0 aliphatic rings. The van der Waals surface area contributed by atoms with Crippen LogP contribution in [-0.4, -0.2) is 171 Å². The van der Waals surface area contributed by atoms with Crippen molar-refractivity contribution in [3.05, 3.63) is 0 Å². The van der Waals surface area contributed by atoms with Crippen molar-refractivity contribution in [2.24, 2.45) is 5.92 Å². The van der Waals surface area contributed by atoms with Gasteiger partial charge in [-0.25, -0.2) is 0 Å². The van der Waals surface area contributed by atoms with Gasteiger partial charge in [-0.2, -0.15) is 0 Å². The van der Waals surface area contributed by atoms with E-state index in [0.29, 0.717) is 152 Å². The smallest absolute Gasteiger partial charge is 0.308 e. The van der Waals surface area contributed by atoms with Crippen LogP contribution in [0.15, 0.2) is 0 Å². The molecule has 15 heteroatoms. The third-order valence-electron chi connectivity index (χ3n) is 10.4. The van der Waals surface area contributed by atoms with Crippen molar-refractivity contribution in [2.45, 2.75) is 149 Å². The van der Waals surface area contributed by atoms with Crippen LogP contribution < -0.4 is 0 Å². The summed E-state index contributed by atoms with van der Waals surface area (Å²) in [6, 6.07) is 0. The molecule has 388 valence electrons. The van der Waals surface area contributed by atoms with Gasteiger partial charge >= 0.3 is 11.9 Å². The topological polar surface area (TPSA) is 154 Å². The summed E-state index contributed by atoms with van der Waals surface area (Å²) in [5.41, 5.74) is 0. The summed E-state index contributed by atoms with van der Waals surface area (Å²) in [5, 5.41) is 0. The molecule has 1 unspecified atom stereocenters. The van der Waals surface area contributed by atoms with E-state index < -0.39 is 0 Å². The van der Waals surface area contributed by atoms with Crippen molar-refractivity contribution in [1.29, 1.82) is 0 Å². The van der Waals surface area contributed by atoms with Crippen LogP contribution in [0.4, 0.5) is 0 Å². The number of rotatable bonds is 57. The second-order valence-electron chi connectivity index (χ2n) is 16.1. The zero-order chi connectivity index (χ0) is 47.0. The Morgan fingerprint density at radius 3 is 0.815 bits per heavy atom. The second-order valence-corrected chi connectivity index (χ2v) is 16.1. The van der Waals surface area contributed by atoms with Crippen LogP contribution in [0.5, 0.6) is 0 Å². The van der Waals surface area contributed by atoms with E-state index in [0.717, 1.165) is 38.5 Å². The maximum atomic E-state index is 12.1. The minimum Gasteiger partial charge on any atom is -0.463 e. The summed E-state index contributed by atoms with van der Waals surface area (Å²) >= 11 is 0. The van der Waals surface area contributed by atoms with E-state index in [2.05, 4.69) is 13.8 Å². The predicted molar refractivity (Wildman–Crippen MR) is 254 cm³/mol. The molecule has 65 heavy (non-hydrogen) atoms. The molecule has 0 aromatic rings. The Balaban J connectivity index is 3.17. The standard InChI is InChI=1S/C50H98O15/c1-4-7-9-10-11-12-13-14-15-16-17-18-19-20-21-23-49(51)64-46-44-62-42-40-60-38-36-58-34-32-56-30-28-54-26-24-53-25-27-55-29-31-57-33-35-59-37-39-61-41-43-63-45-47-65-50(52)48(6-3)22-8-5-2/h48H,4-47H2,1-3H3. The molecule has 0 fully saturated rings. The van der Waals surface area contributed by atoms with Crippen LogP contribution in [-0.2, 0) is 71.2 Å². The Bertz CT molecular complexity index is 931. The van der Waals surface area contributed by atoms with Gasteiger partial charge in [-0.15, -0.1) is 0 Å². The molecule has 0 radical (unpaired) electrons. The fraction of sp³-hybridized carbons (Fsp3) is 0.960. The fourth-order valence-corrected chi connectivity index (χ4v) is 6.49. The third kappa shape index (κ3) is 53.3. The highest BCUT2D eigenvalue weighted by Crippen LogP contribution is 2.15. The zero-order valence-corrected chi connectivity index (χ0v) is 41.8. The number of carbonyl (C=O) groups is 2. The van der Waals surface area contributed by atoms with Gasteiger partial charge in [-0.05, 0) is 19.3 Å². The molecule has 0 aromatic heterocycles. The molecule has 0 rings (SSSR count). The lowest BCUT2D eigenvalue weighted by Crippen LogP contribution is -2.20. The summed E-state index contributed by atoms with van der Waals surface area (Å²) in [5.74, 6) is -0.264. The van der Waals surface area contributed by atoms with E-state index in [1.54, 1.807) is 0 Å². The summed E-state index contributed by atoms with van der Waals surface area (Å²) in [6.07, 6.45) is 24.0. The van der Waals surface area contributed by atoms with Crippen molar-refractivity contribution in [2.75, 3.05) is 159 Å². The van der Waals surface area contributed by atoms with Crippen molar-refractivity contribution in [3.8, 4) is 0 Å². The molecular formula is C50H98O15. The number of unbranched alkanes of at least 4 members (excludes halogenated alkanes) is 15. The fourth-order valence-electron chi connectivity index (χ4n) is 6.49. The largest absolute Gasteiger partial charge is 0.463 e. The van der Waals surface area contributed by atoms with E-state index in [1.165, 1.54) is 83.5 Å². The molecule has 0 bridgehead atoms. The Morgan fingerprint density at radius 1 is 0.292 bits per heavy atom. The molecule has 0 aliphatic heterocycles. The minimum atomic E-state index is -0.134. The van der Waals surface area contributed by atoms with Crippen molar-refractivity contribution in [3.63, 3.8) is 0 Å². The van der Waals surface area contributed by atoms with Gasteiger partial charge in [0.1, 0.15) is 13.2 Å². The average molecular weight is 939 g/mol. The van der Waals surface area contributed by atoms with Crippen LogP contribution in [0, 0.1) is 5.92 Å². The van der Waals surface area contributed by atoms with Gasteiger partial charge in [-0.1, -0.05) is 124 Å². The minimum absolute atomic E-state index is 0.00828. The number of esters is 2. The molecule has 0 aliphatic carbocycles. The number of ether oxygens (including phenoxy) is 13. The van der Waals surface area contributed by atoms with Crippen LogP contribution in [0.2, 0.25) is 0 Å². The van der Waals surface area contributed by atoms with E-state index >= 15 is 0 Å². The molecule has 0 saturated heterocycles. The van der Waals surface area contributed by atoms with E-state index in [4.69, 9.17) is 61.6 Å². The molecule has 0 N–H and O–H groups in total. The maximum Gasteiger partial charge on any atom is 0.308 e. The van der Waals surface area contributed by atoms with Crippen molar-refractivity contribution < 1.29 is 71.2 Å². The van der Waals surface area contributed by atoms with Crippen molar-refractivity contribution in [1.82, 2.24) is 0 Å². The van der Waals surface area contributed by atoms with Gasteiger partial charge < -0.3 is 61.6 Å². The van der Waals surface area contributed by atoms with Gasteiger partial charge in [0.2, 0.25) is 0 Å².